The van der Waals surface area contributed by atoms with Crippen molar-refractivity contribution in [1.29, 1.82) is 0 Å². The van der Waals surface area contributed by atoms with Gasteiger partial charge in [-0.3, -0.25) is 0 Å². The third kappa shape index (κ3) is 6.75. The van der Waals surface area contributed by atoms with E-state index in [0.717, 1.165) is 24.8 Å². The third-order valence-corrected chi connectivity index (χ3v) is 3.94. The zero-order valence-corrected chi connectivity index (χ0v) is 12.1. The molecule has 0 fully saturated rings. The van der Waals surface area contributed by atoms with Gasteiger partial charge in [0.2, 0.25) is 0 Å². The molecule has 96 valence electrons. The summed E-state index contributed by atoms with van der Waals surface area (Å²) in [5.74, 6) is 1.99. The molecule has 1 rings (SSSR count). The van der Waals surface area contributed by atoms with Crippen LogP contribution in [0.5, 0.6) is 0 Å². The second-order valence-electron chi connectivity index (χ2n) is 4.90. The molecule has 17 heavy (non-hydrogen) atoms. The molecule has 0 bridgehead atoms. The minimum Gasteiger partial charge on any atom is -0.316 e. The van der Waals surface area contributed by atoms with Crippen molar-refractivity contribution in [1.82, 2.24) is 5.32 Å². The molecule has 0 unspecified atom stereocenters. The Kier molecular flexibility index (Phi) is 7.38. The maximum Gasteiger partial charge on any atom is 0.0106 e. The number of nitrogens with one attached hydrogen (secondary N) is 1. The molecule has 0 radical (unpaired) electrons. The van der Waals surface area contributed by atoms with Gasteiger partial charge in [0.15, 0.2) is 0 Å². The summed E-state index contributed by atoms with van der Waals surface area (Å²) in [5.41, 5.74) is 1.39. The van der Waals surface area contributed by atoms with Crippen molar-refractivity contribution in [3.8, 4) is 0 Å². The summed E-state index contributed by atoms with van der Waals surface area (Å²) < 4.78 is 0. The molecule has 0 aromatic heterocycles. The molecule has 0 spiro atoms. The zero-order chi connectivity index (χ0) is 12.5. The van der Waals surface area contributed by atoms with Gasteiger partial charge in [-0.15, -0.1) is 11.8 Å². The van der Waals surface area contributed by atoms with Crippen LogP contribution in [0.4, 0.5) is 0 Å². The highest BCUT2D eigenvalue weighted by molar-refractivity contribution is 7.99. The van der Waals surface area contributed by atoms with E-state index in [-0.39, 0.29) is 0 Å². The van der Waals surface area contributed by atoms with Crippen LogP contribution in [0.1, 0.15) is 32.3 Å². The Hall–Kier alpha value is -0.470. The van der Waals surface area contributed by atoms with Gasteiger partial charge in [-0.25, -0.2) is 0 Å². The molecule has 1 nitrogen and oxygen atoms in total. The molecule has 1 aromatic carbocycles. The molecule has 1 aromatic rings. The van der Waals surface area contributed by atoms with Gasteiger partial charge in [-0.05, 0) is 43.9 Å². The summed E-state index contributed by atoms with van der Waals surface area (Å²) in [6.07, 6.45) is 2.63. The average molecular weight is 251 g/mol. The maximum atomic E-state index is 3.51. The average Bonchev–Trinajstić information content (AvgIpc) is 2.30. The number of thioether (sulfide) groups is 1. The molecule has 0 aliphatic heterocycles. The van der Waals surface area contributed by atoms with Crippen LogP contribution in [0.3, 0.4) is 0 Å². The second-order valence-corrected chi connectivity index (χ2v) is 6.04. The molecule has 0 heterocycles. The molecule has 0 aliphatic carbocycles. The summed E-state index contributed by atoms with van der Waals surface area (Å²) in [7, 11) is 0. The highest BCUT2D eigenvalue weighted by Crippen LogP contribution is 2.20. The van der Waals surface area contributed by atoms with Crippen LogP contribution in [0, 0.1) is 12.8 Å². The van der Waals surface area contributed by atoms with E-state index in [2.05, 4.69) is 50.4 Å². The van der Waals surface area contributed by atoms with E-state index in [4.69, 9.17) is 0 Å². The van der Waals surface area contributed by atoms with Gasteiger partial charge in [0.25, 0.3) is 0 Å². The number of hydrogen-bond acceptors (Lipinski definition) is 2. The topological polar surface area (TPSA) is 12.0 Å². The van der Waals surface area contributed by atoms with Crippen LogP contribution in [0.15, 0.2) is 29.2 Å². The Morgan fingerprint density at radius 3 is 2.65 bits per heavy atom. The van der Waals surface area contributed by atoms with Crippen molar-refractivity contribution in [3.63, 3.8) is 0 Å². The zero-order valence-electron chi connectivity index (χ0n) is 11.3. The van der Waals surface area contributed by atoms with E-state index in [1.54, 1.807) is 0 Å². The molecule has 0 atom stereocenters. The van der Waals surface area contributed by atoms with Gasteiger partial charge in [-0.1, -0.05) is 32.0 Å². The fourth-order valence-corrected chi connectivity index (χ4v) is 2.65. The summed E-state index contributed by atoms with van der Waals surface area (Å²) >= 11 is 1.95. The third-order valence-electron chi connectivity index (χ3n) is 2.77. The van der Waals surface area contributed by atoms with Crippen molar-refractivity contribution in [2.75, 3.05) is 18.8 Å². The summed E-state index contributed by atoms with van der Waals surface area (Å²) in [6.45, 7) is 9.02. The minimum atomic E-state index is 0.832. The predicted octanol–water partition coefficient (Wildman–Crippen LogP) is 4.11. The van der Waals surface area contributed by atoms with Crippen molar-refractivity contribution in [2.45, 2.75) is 38.5 Å². The monoisotopic (exact) mass is 251 g/mol. The lowest BCUT2D eigenvalue weighted by molar-refractivity contribution is 0.534. The lowest BCUT2D eigenvalue weighted by Crippen LogP contribution is -2.18. The SMILES string of the molecule is Cc1ccccc1SCCNCCCC(C)C. The second kappa shape index (κ2) is 8.60. The van der Waals surface area contributed by atoms with Crippen LogP contribution in [-0.2, 0) is 0 Å². The lowest BCUT2D eigenvalue weighted by atomic mass is 10.1. The van der Waals surface area contributed by atoms with Crippen molar-refractivity contribution >= 4 is 11.8 Å². The van der Waals surface area contributed by atoms with Gasteiger partial charge < -0.3 is 5.32 Å². The maximum absolute atomic E-state index is 3.51. The molecular formula is C15H25NS. The lowest BCUT2D eigenvalue weighted by Gasteiger charge is -2.07. The quantitative estimate of drug-likeness (QED) is 0.551. The first-order valence-electron chi connectivity index (χ1n) is 6.59. The van der Waals surface area contributed by atoms with E-state index in [1.165, 1.54) is 23.3 Å². The summed E-state index contributed by atoms with van der Waals surface area (Å²) in [4.78, 5) is 1.41. The van der Waals surface area contributed by atoms with Crippen LogP contribution in [0.25, 0.3) is 0 Å². The van der Waals surface area contributed by atoms with E-state index in [1.807, 2.05) is 11.8 Å². The highest BCUT2D eigenvalue weighted by Gasteiger charge is 1.97. The molecule has 0 amide bonds. The minimum absolute atomic E-state index is 0.832. The fraction of sp³-hybridized carbons (Fsp3) is 0.600. The van der Waals surface area contributed by atoms with Crippen molar-refractivity contribution in [2.24, 2.45) is 5.92 Å². The molecule has 0 saturated carbocycles. The Balaban J connectivity index is 2.03. The van der Waals surface area contributed by atoms with E-state index in [0.29, 0.717) is 0 Å². The van der Waals surface area contributed by atoms with Crippen LogP contribution >= 0.6 is 11.8 Å². The molecular weight excluding hydrogens is 226 g/mol. The van der Waals surface area contributed by atoms with E-state index in [9.17, 15) is 0 Å². The largest absolute Gasteiger partial charge is 0.316 e. The first-order chi connectivity index (χ1) is 8.20. The summed E-state index contributed by atoms with van der Waals surface area (Å²) in [6, 6.07) is 8.60. The van der Waals surface area contributed by atoms with Crippen molar-refractivity contribution in [3.05, 3.63) is 29.8 Å². The fourth-order valence-electron chi connectivity index (χ4n) is 1.71. The highest BCUT2D eigenvalue weighted by atomic mass is 32.2. The smallest absolute Gasteiger partial charge is 0.0106 e. The normalized spacial score (nSPS) is 11.1. The number of benzene rings is 1. The van der Waals surface area contributed by atoms with Gasteiger partial charge >= 0.3 is 0 Å². The first kappa shape index (κ1) is 14.6. The van der Waals surface area contributed by atoms with Gasteiger partial charge in [-0.2, -0.15) is 0 Å². The van der Waals surface area contributed by atoms with E-state index >= 15 is 0 Å². The van der Waals surface area contributed by atoms with Crippen molar-refractivity contribution < 1.29 is 0 Å². The number of aryl methyl sites for hydroxylation is 1. The molecule has 0 saturated heterocycles. The Morgan fingerprint density at radius 1 is 1.18 bits per heavy atom. The van der Waals surface area contributed by atoms with Crippen LogP contribution in [-0.4, -0.2) is 18.8 Å². The first-order valence-corrected chi connectivity index (χ1v) is 7.58. The number of rotatable bonds is 8. The van der Waals surface area contributed by atoms with Crippen LogP contribution < -0.4 is 5.32 Å². The van der Waals surface area contributed by atoms with Gasteiger partial charge in [0.1, 0.15) is 0 Å². The van der Waals surface area contributed by atoms with Gasteiger partial charge in [0.05, 0.1) is 0 Å². The molecule has 0 aliphatic rings. The molecule has 1 N–H and O–H groups in total. The molecule has 2 heteroatoms. The van der Waals surface area contributed by atoms with Crippen LogP contribution in [0.2, 0.25) is 0 Å². The number of hydrogen-bond donors (Lipinski definition) is 1. The Bertz CT molecular complexity index is 310. The van der Waals surface area contributed by atoms with Gasteiger partial charge in [0, 0.05) is 17.2 Å². The standard InChI is InChI=1S/C15H25NS/c1-13(2)7-6-10-16-11-12-17-15-9-5-4-8-14(15)3/h4-5,8-9,13,16H,6-7,10-12H2,1-3H3. The van der Waals surface area contributed by atoms with E-state index < -0.39 is 0 Å². The Labute approximate surface area is 110 Å². The predicted molar refractivity (Wildman–Crippen MR) is 78.8 cm³/mol. The Morgan fingerprint density at radius 2 is 1.94 bits per heavy atom. The summed E-state index contributed by atoms with van der Waals surface area (Å²) in [5, 5.41) is 3.51.